The first-order valence-electron chi connectivity index (χ1n) is 13.5. The van der Waals surface area contributed by atoms with E-state index < -0.39 is 0 Å². The largest absolute Gasteiger partial charge is 0.346 e. The molecule has 1 saturated carbocycles. The van der Waals surface area contributed by atoms with Crippen LogP contribution in [-0.4, -0.2) is 76.4 Å². The molecule has 4 heteroatoms. The molecule has 4 nitrogen and oxygen atoms in total. The SMILES string of the molecule is CCC1CN2CCC[NH+]1CC2.CC[NH+]1CCC1.CC[NH2+]CCCC1CCCCC1. The highest BCUT2D eigenvalue weighted by molar-refractivity contribution is 4.71. The second-order valence-electron chi connectivity index (χ2n) is 10.0. The number of piperazine rings is 1. The van der Waals surface area contributed by atoms with Gasteiger partial charge in [0.05, 0.1) is 52.4 Å². The van der Waals surface area contributed by atoms with Crippen LogP contribution < -0.4 is 15.1 Å². The molecule has 5 rings (SSSR count). The molecule has 4 saturated heterocycles. The third kappa shape index (κ3) is 10.1. The summed E-state index contributed by atoms with van der Waals surface area (Å²) in [5.41, 5.74) is 0. The predicted molar refractivity (Wildman–Crippen MR) is 125 cm³/mol. The maximum Gasteiger partial charge on any atom is 0.100 e. The molecule has 4 aliphatic heterocycles. The van der Waals surface area contributed by atoms with E-state index in [2.05, 4.69) is 31.0 Å². The third-order valence-electron chi connectivity index (χ3n) is 7.86. The van der Waals surface area contributed by atoms with E-state index in [1.165, 1.54) is 130 Å². The lowest BCUT2D eigenvalue weighted by atomic mass is 9.86. The first-order chi connectivity index (χ1) is 14.3. The molecule has 4 heterocycles. The first kappa shape index (κ1) is 25.1. The molecule has 0 radical (unpaired) electrons. The van der Waals surface area contributed by atoms with Crippen LogP contribution in [0, 0.1) is 5.92 Å². The highest BCUT2D eigenvalue weighted by Gasteiger charge is 2.31. The van der Waals surface area contributed by atoms with Gasteiger partial charge in [0.1, 0.15) is 6.04 Å². The van der Waals surface area contributed by atoms with Gasteiger partial charge < -0.3 is 15.1 Å². The van der Waals surface area contributed by atoms with Gasteiger partial charge in [-0.05, 0) is 39.0 Å². The van der Waals surface area contributed by atoms with Gasteiger partial charge in [-0.2, -0.15) is 0 Å². The number of nitrogens with one attached hydrogen (secondary N) is 2. The Bertz CT molecular complexity index is 372. The molecule has 2 bridgehead atoms. The smallest absolute Gasteiger partial charge is 0.100 e. The molecule has 1 aliphatic carbocycles. The van der Waals surface area contributed by atoms with Crippen LogP contribution in [0.25, 0.3) is 0 Å². The van der Waals surface area contributed by atoms with Crippen LogP contribution in [0.3, 0.4) is 0 Å². The number of nitrogens with zero attached hydrogens (tertiary/aromatic N) is 1. The Balaban J connectivity index is 0.000000163. The normalized spacial score (nSPS) is 29.7. The monoisotopic (exact) mass is 411 g/mol. The second kappa shape index (κ2) is 15.6. The first-order valence-corrected chi connectivity index (χ1v) is 13.5. The molecule has 0 aromatic heterocycles. The second-order valence-corrected chi connectivity index (χ2v) is 10.0. The number of fused-ring (bicyclic) bond motifs is 4. The number of hydrogen-bond donors (Lipinski definition) is 3. The molecule has 172 valence electrons. The minimum absolute atomic E-state index is 0.950. The van der Waals surface area contributed by atoms with Gasteiger partial charge in [0.25, 0.3) is 0 Å². The summed E-state index contributed by atoms with van der Waals surface area (Å²) in [6.07, 6.45) is 14.7. The molecule has 3 atom stereocenters. The van der Waals surface area contributed by atoms with Crippen LogP contribution in [0.5, 0.6) is 0 Å². The van der Waals surface area contributed by atoms with Crippen molar-refractivity contribution in [2.75, 3.05) is 65.4 Å². The third-order valence-corrected chi connectivity index (χ3v) is 7.86. The maximum atomic E-state index is 2.64. The van der Waals surface area contributed by atoms with E-state index in [1.807, 2.05) is 4.90 Å². The minimum atomic E-state index is 0.950. The van der Waals surface area contributed by atoms with Crippen molar-refractivity contribution < 1.29 is 15.1 Å². The fourth-order valence-corrected chi connectivity index (χ4v) is 5.53. The summed E-state index contributed by atoms with van der Waals surface area (Å²) in [5.74, 6) is 1.09. The standard InChI is InChI=1S/C11H23N.C9H18N2.C5H11N/c1-2-12-10-6-9-11-7-4-3-5-8-11;1-2-9-8-10-4-3-5-11(9)7-6-10;1-2-6-4-3-5-6/h11-12H,2-10H2,1H3;9H,2-8H2,1H3;2-5H2,1H3/p+3. The van der Waals surface area contributed by atoms with Gasteiger partial charge >= 0.3 is 0 Å². The van der Waals surface area contributed by atoms with Crippen LogP contribution >= 0.6 is 0 Å². The van der Waals surface area contributed by atoms with Gasteiger partial charge in [-0.1, -0.05) is 39.0 Å². The Labute approximate surface area is 182 Å². The molecule has 29 heavy (non-hydrogen) atoms. The number of quaternary nitrogens is 3. The van der Waals surface area contributed by atoms with Gasteiger partial charge in [0, 0.05) is 25.9 Å². The molecule has 0 spiro atoms. The molecule has 0 amide bonds. The molecule has 0 aromatic rings. The highest BCUT2D eigenvalue weighted by Crippen LogP contribution is 2.26. The highest BCUT2D eigenvalue weighted by atomic mass is 15.3. The van der Waals surface area contributed by atoms with E-state index in [0.717, 1.165) is 12.0 Å². The van der Waals surface area contributed by atoms with E-state index in [0.29, 0.717) is 0 Å². The summed E-state index contributed by atoms with van der Waals surface area (Å²) in [7, 11) is 0. The Morgan fingerprint density at radius 2 is 1.66 bits per heavy atom. The van der Waals surface area contributed by atoms with Gasteiger partial charge in [-0.25, -0.2) is 0 Å². The molecule has 3 unspecified atom stereocenters. The van der Waals surface area contributed by atoms with Crippen molar-refractivity contribution >= 4 is 0 Å². The summed E-state index contributed by atoms with van der Waals surface area (Å²) in [6, 6.07) is 0.950. The average molecular weight is 412 g/mol. The fourth-order valence-electron chi connectivity index (χ4n) is 5.53. The summed E-state index contributed by atoms with van der Waals surface area (Å²) in [6.45, 7) is 20.5. The van der Waals surface area contributed by atoms with E-state index in [-0.39, 0.29) is 0 Å². The van der Waals surface area contributed by atoms with E-state index in [1.54, 1.807) is 4.90 Å². The zero-order chi connectivity index (χ0) is 20.7. The van der Waals surface area contributed by atoms with E-state index in [4.69, 9.17) is 0 Å². The molecule has 5 fully saturated rings. The van der Waals surface area contributed by atoms with Crippen molar-refractivity contribution in [3.8, 4) is 0 Å². The van der Waals surface area contributed by atoms with Crippen molar-refractivity contribution in [1.29, 1.82) is 0 Å². The predicted octanol–water partition coefficient (Wildman–Crippen LogP) is 0.594. The van der Waals surface area contributed by atoms with Gasteiger partial charge in [0.15, 0.2) is 0 Å². The van der Waals surface area contributed by atoms with Gasteiger partial charge in [-0.3, -0.25) is 4.90 Å². The van der Waals surface area contributed by atoms with Crippen molar-refractivity contribution in [3.63, 3.8) is 0 Å². The summed E-state index contributed by atoms with van der Waals surface area (Å²) < 4.78 is 0. The van der Waals surface area contributed by atoms with Gasteiger partial charge in [-0.15, -0.1) is 0 Å². The lowest BCUT2D eigenvalue weighted by Gasteiger charge is -2.33. The van der Waals surface area contributed by atoms with Crippen LogP contribution in [0.15, 0.2) is 0 Å². The van der Waals surface area contributed by atoms with Crippen LogP contribution in [-0.2, 0) is 0 Å². The van der Waals surface area contributed by atoms with Gasteiger partial charge in [0.2, 0.25) is 0 Å². The Kier molecular flexibility index (Phi) is 13.5. The zero-order valence-corrected chi connectivity index (χ0v) is 20.3. The van der Waals surface area contributed by atoms with Crippen LogP contribution in [0.4, 0.5) is 0 Å². The maximum absolute atomic E-state index is 2.64. The lowest BCUT2D eigenvalue weighted by Crippen LogP contribution is -3.17. The van der Waals surface area contributed by atoms with E-state index >= 15 is 0 Å². The molecule has 4 N–H and O–H groups in total. The number of likely N-dealkylation sites (tertiary alicyclic amines) is 1. The van der Waals surface area contributed by atoms with Crippen molar-refractivity contribution in [3.05, 3.63) is 0 Å². The zero-order valence-electron chi connectivity index (χ0n) is 20.3. The summed E-state index contributed by atoms with van der Waals surface area (Å²) in [5, 5.41) is 2.42. The molecule has 0 aromatic carbocycles. The molecule has 5 aliphatic rings. The topological polar surface area (TPSA) is 28.7 Å². The number of nitrogens with two attached hydrogens (primary N) is 1. The number of rotatable bonds is 7. The van der Waals surface area contributed by atoms with Crippen LogP contribution in [0.2, 0.25) is 0 Å². The van der Waals surface area contributed by atoms with Crippen LogP contribution in [0.1, 0.15) is 85.0 Å². The summed E-state index contributed by atoms with van der Waals surface area (Å²) >= 11 is 0. The quantitative estimate of drug-likeness (QED) is 0.526. The number of hydrogen-bond acceptors (Lipinski definition) is 1. The summed E-state index contributed by atoms with van der Waals surface area (Å²) in [4.78, 5) is 6.29. The minimum Gasteiger partial charge on any atom is -0.346 e. The lowest BCUT2D eigenvalue weighted by molar-refractivity contribution is -0.937. The van der Waals surface area contributed by atoms with Crippen molar-refractivity contribution in [1.82, 2.24) is 4.90 Å². The molecular formula is C25H55N4+3. The Morgan fingerprint density at radius 1 is 0.862 bits per heavy atom. The molecular weight excluding hydrogens is 356 g/mol. The fraction of sp³-hybridized carbons (Fsp3) is 1.00. The van der Waals surface area contributed by atoms with E-state index in [9.17, 15) is 0 Å². The average Bonchev–Trinajstić information content (AvgIpc) is 3.08. The Morgan fingerprint density at radius 3 is 2.24 bits per heavy atom. The van der Waals surface area contributed by atoms with Crippen molar-refractivity contribution in [2.45, 2.75) is 91.0 Å². The van der Waals surface area contributed by atoms with Crippen molar-refractivity contribution in [2.24, 2.45) is 5.92 Å². The Hall–Kier alpha value is -0.160.